The van der Waals surface area contributed by atoms with E-state index in [1.807, 2.05) is 0 Å². The van der Waals surface area contributed by atoms with E-state index in [9.17, 15) is 14.4 Å². The fourth-order valence-corrected chi connectivity index (χ4v) is 10.9. The van der Waals surface area contributed by atoms with Crippen molar-refractivity contribution in [3.63, 3.8) is 0 Å². The zero-order valence-corrected chi connectivity index (χ0v) is 54.6. The van der Waals surface area contributed by atoms with Gasteiger partial charge < -0.3 is 14.2 Å². The van der Waals surface area contributed by atoms with Gasteiger partial charge >= 0.3 is 17.9 Å². The first kappa shape index (κ1) is 78.4. The number of carbonyl (C=O) groups is 3. The molecule has 0 radical (unpaired) electrons. The third kappa shape index (κ3) is 68.0. The largest absolute Gasteiger partial charge is 0.462 e. The maximum Gasteiger partial charge on any atom is 0.306 e. The molecule has 0 N–H and O–H groups in total. The second-order valence-electron chi connectivity index (χ2n) is 24.5. The van der Waals surface area contributed by atoms with Gasteiger partial charge in [0.05, 0.1) is 0 Å². The number of allylic oxidation sites excluding steroid dienone is 8. The van der Waals surface area contributed by atoms with Crippen molar-refractivity contribution in [2.75, 3.05) is 13.2 Å². The van der Waals surface area contributed by atoms with Crippen LogP contribution in [0.5, 0.6) is 0 Å². The van der Waals surface area contributed by atoms with Gasteiger partial charge in [0.15, 0.2) is 6.10 Å². The highest BCUT2D eigenvalue weighted by Crippen LogP contribution is 2.19. The molecule has 0 aliphatic rings. The van der Waals surface area contributed by atoms with Gasteiger partial charge in [0.2, 0.25) is 0 Å². The van der Waals surface area contributed by atoms with Crippen molar-refractivity contribution >= 4 is 17.9 Å². The lowest BCUT2D eigenvalue weighted by atomic mass is 10.0. The van der Waals surface area contributed by atoms with Crippen LogP contribution in [0.15, 0.2) is 48.6 Å². The van der Waals surface area contributed by atoms with Gasteiger partial charge in [0.25, 0.3) is 0 Å². The zero-order valence-electron chi connectivity index (χ0n) is 54.6. The SMILES string of the molecule is CC/C=C\C/C=C\C/C=C\CCCCCC(=O)OCC(COC(=O)CCCCCCCCCCCCCCCCCCCCCCCCCCCCCCCCCCCCC)OC(=O)CCCCCCC/C=C\CCCCCCCC. The fourth-order valence-electron chi connectivity index (χ4n) is 10.9. The van der Waals surface area contributed by atoms with E-state index >= 15 is 0 Å². The van der Waals surface area contributed by atoms with E-state index in [2.05, 4.69) is 69.4 Å². The predicted octanol–water partition coefficient (Wildman–Crippen LogP) is 24.9. The summed E-state index contributed by atoms with van der Waals surface area (Å²) in [6.45, 7) is 6.55. The normalized spacial score (nSPS) is 12.3. The van der Waals surface area contributed by atoms with Gasteiger partial charge in [0, 0.05) is 19.3 Å². The summed E-state index contributed by atoms with van der Waals surface area (Å²) in [7, 11) is 0. The summed E-state index contributed by atoms with van der Waals surface area (Å²) >= 11 is 0. The Morgan fingerprint density at radius 1 is 0.259 bits per heavy atom. The number of esters is 3. The first-order chi connectivity index (χ1) is 40.0. The molecule has 0 heterocycles. The molecule has 0 aromatic rings. The van der Waals surface area contributed by atoms with Gasteiger partial charge in [-0.1, -0.05) is 345 Å². The number of carbonyl (C=O) groups excluding carboxylic acids is 3. The van der Waals surface area contributed by atoms with E-state index in [0.29, 0.717) is 19.3 Å². The van der Waals surface area contributed by atoms with Crippen LogP contribution < -0.4 is 0 Å². The molecular formula is C75H138O6. The Balaban J connectivity index is 4.05. The first-order valence-corrected chi connectivity index (χ1v) is 36.1. The number of hydrogen-bond donors (Lipinski definition) is 0. The van der Waals surface area contributed by atoms with Gasteiger partial charge in [0.1, 0.15) is 13.2 Å². The molecule has 474 valence electrons. The maximum absolute atomic E-state index is 12.9. The fraction of sp³-hybridized carbons (Fsp3) is 0.853. The highest BCUT2D eigenvalue weighted by molar-refractivity contribution is 5.71. The summed E-state index contributed by atoms with van der Waals surface area (Å²) in [6.07, 6.45) is 89.0. The van der Waals surface area contributed by atoms with E-state index in [1.54, 1.807) is 0 Å². The molecule has 0 rings (SSSR count). The smallest absolute Gasteiger partial charge is 0.306 e. The summed E-state index contributed by atoms with van der Waals surface area (Å²) in [5, 5.41) is 0. The molecule has 0 fully saturated rings. The minimum absolute atomic E-state index is 0.0825. The molecule has 0 saturated carbocycles. The first-order valence-electron chi connectivity index (χ1n) is 36.1. The lowest BCUT2D eigenvalue weighted by Gasteiger charge is -2.18. The van der Waals surface area contributed by atoms with Crippen molar-refractivity contribution < 1.29 is 28.6 Å². The summed E-state index contributed by atoms with van der Waals surface area (Å²) < 4.78 is 16.9. The highest BCUT2D eigenvalue weighted by atomic mass is 16.6. The third-order valence-electron chi connectivity index (χ3n) is 16.3. The van der Waals surface area contributed by atoms with Gasteiger partial charge in [-0.25, -0.2) is 0 Å². The topological polar surface area (TPSA) is 78.9 Å². The zero-order chi connectivity index (χ0) is 58.5. The Labute approximate surface area is 505 Å². The van der Waals surface area contributed by atoms with Gasteiger partial charge in [-0.15, -0.1) is 0 Å². The van der Waals surface area contributed by atoms with Crippen LogP contribution in [-0.4, -0.2) is 37.2 Å². The standard InChI is InChI=1S/C75H138O6/c1-4-7-10-13-16-19-22-25-27-28-29-30-31-32-33-34-35-36-37-38-39-40-41-42-43-44-45-46-48-50-53-56-59-62-65-68-74(77)80-71-72(70-79-73(76)67-64-61-58-55-52-49-24-21-18-15-12-9-6-3)81-75(78)69-66-63-60-57-54-51-47-26-23-20-17-14-11-8-5-2/h9,12,18,21,26,47,49,52,72H,4-8,10-11,13-17,19-20,22-25,27-46,48,50-51,53-71H2,1-3H3/b12-9-,21-18-,47-26-,52-49-. The van der Waals surface area contributed by atoms with Crippen LogP contribution in [0, 0.1) is 0 Å². The van der Waals surface area contributed by atoms with E-state index in [0.717, 1.165) is 96.3 Å². The van der Waals surface area contributed by atoms with E-state index in [4.69, 9.17) is 14.2 Å². The minimum atomic E-state index is -0.789. The molecule has 0 spiro atoms. The second-order valence-corrected chi connectivity index (χ2v) is 24.5. The maximum atomic E-state index is 12.9. The third-order valence-corrected chi connectivity index (χ3v) is 16.3. The molecule has 81 heavy (non-hydrogen) atoms. The Kier molecular flexibility index (Phi) is 67.6. The number of unbranched alkanes of at least 4 members (excludes halogenated alkanes) is 48. The van der Waals surface area contributed by atoms with Crippen LogP contribution in [0.4, 0.5) is 0 Å². The number of rotatable bonds is 67. The molecule has 1 unspecified atom stereocenters. The lowest BCUT2D eigenvalue weighted by molar-refractivity contribution is -0.167. The molecule has 1 atom stereocenters. The summed E-state index contributed by atoms with van der Waals surface area (Å²) in [6, 6.07) is 0. The van der Waals surface area contributed by atoms with Crippen molar-refractivity contribution in [3.8, 4) is 0 Å². The molecule has 0 aliphatic heterocycles. The van der Waals surface area contributed by atoms with Crippen molar-refractivity contribution in [2.24, 2.45) is 0 Å². The molecule has 6 heteroatoms. The van der Waals surface area contributed by atoms with E-state index in [1.165, 1.54) is 257 Å². The molecular weight excluding hydrogens is 997 g/mol. The van der Waals surface area contributed by atoms with E-state index in [-0.39, 0.29) is 31.1 Å². The summed E-state index contributed by atoms with van der Waals surface area (Å²) in [5.74, 6) is -0.901. The Morgan fingerprint density at radius 3 is 0.778 bits per heavy atom. The van der Waals surface area contributed by atoms with Gasteiger partial charge in [-0.05, 0) is 77.0 Å². The van der Waals surface area contributed by atoms with Crippen LogP contribution in [-0.2, 0) is 28.6 Å². The van der Waals surface area contributed by atoms with Crippen molar-refractivity contribution in [3.05, 3.63) is 48.6 Å². The Bertz CT molecular complexity index is 1400. The van der Waals surface area contributed by atoms with Gasteiger partial charge in [-0.3, -0.25) is 14.4 Å². The molecule has 0 aromatic heterocycles. The lowest BCUT2D eigenvalue weighted by Crippen LogP contribution is -2.30. The van der Waals surface area contributed by atoms with Crippen molar-refractivity contribution in [1.29, 1.82) is 0 Å². The van der Waals surface area contributed by atoms with Crippen molar-refractivity contribution in [1.82, 2.24) is 0 Å². The molecule has 0 aromatic carbocycles. The summed E-state index contributed by atoms with van der Waals surface area (Å²) in [4.78, 5) is 38.3. The molecule has 0 amide bonds. The van der Waals surface area contributed by atoms with Crippen LogP contribution >= 0.6 is 0 Å². The predicted molar refractivity (Wildman–Crippen MR) is 353 cm³/mol. The van der Waals surface area contributed by atoms with Crippen molar-refractivity contribution in [2.45, 2.75) is 399 Å². The second kappa shape index (κ2) is 69.9. The average molecular weight is 1140 g/mol. The van der Waals surface area contributed by atoms with Crippen LogP contribution in [0.3, 0.4) is 0 Å². The van der Waals surface area contributed by atoms with Crippen LogP contribution in [0.25, 0.3) is 0 Å². The monoisotopic (exact) mass is 1140 g/mol. The average Bonchev–Trinajstić information content (AvgIpc) is 3.46. The number of hydrogen-bond acceptors (Lipinski definition) is 6. The molecule has 6 nitrogen and oxygen atoms in total. The Morgan fingerprint density at radius 2 is 0.481 bits per heavy atom. The quantitative estimate of drug-likeness (QED) is 0.0261. The Hall–Kier alpha value is -2.63. The number of ether oxygens (including phenoxy) is 3. The van der Waals surface area contributed by atoms with Gasteiger partial charge in [-0.2, -0.15) is 0 Å². The van der Waals surface area contributed by atoms with Crippen LogP contribution in [0.2, 0.25) is 0 Å². The molecule has 0 saturated heterocycles. The van der Waals surface area contributed by atoms with Crippen LogP contribution in [0.1, 0.15) is 393 Å². The highest BCUT2D eigenvalue weighted by Gasteiger charge is 2.19. The molecule has 0 aliphatic carbocycles. The summed E-state index contributed by atoms with van der Waals surface area (Å²) in [5.41, 5.74) is 0. The molecule has 0 bridgehead atoms. The van der Waals surface area contributed by atoms with E-state index < -0.39 is 6.10 Å². The minimum Gasteiger partial charge on any atom is -0.462 e.